The van der Waals surface area contributed by atoms with Gasteiger partial charge in [0.25, 0.3) is 0 Å². The first kappa shape index (κ1) is 9.98. The highest BCUT2D eigenvalue weighted by Gasteiger charge is 1.94. The third-order valence-electron chi connectivity index (χ3n) is 1.38. The van der Waals surface area contributed by atoms with E-state index in [9.17, 15) is 0 Å². The van der Waals surface area contributed by atoms with Crippen molar-refractivity contribution in [2.45, 2.75) is 0 Å². The topological polar surface area (TPSA) is 29.3 Å². The van der Waals surface area contributed by atoms with Crippen LogP contribution in [0.5, 0.6) is 0 Å². The molecule has 0 aliphatic heterocycles. The SMILES string of the molecule is C=C/C=C\C(=C)N(C)CCN. The van der Waals surface area contributed by atoms with Gasteiger partial charge in [-0.25, -0.2) is 0 Å². The van der Waals surface area contributed by atoms with Crippen molar-refractivity contribution in [1.82, 2.24) is 4.90 Å². The van der Waals surface area contributed by atoms with E-state index >= 15 is 0 Å². The van der Waals surface area contributed by atoms with Crippen molar-refractivity contribution in [3.63, 3.8) is 0 Å². The summed E-state index contributed by atoms with van der Waals surface area (Å²) in [5.74, 6) is 0. The molecule has 0 saturated carbocycles. The molecule has 0 amide bonds. The van der Waals surface area contributed by atoms with E-state index in [0.717, 1.165) is 12.2 Å². The molecule has 0 heterocycles. The number of nitrogens with two attached hydrogens (primary N) is 1. The van der Waals surface area contributed by atoms with Crippen LogP contribution in [-0.2, 0) is 0 Å². The minimum Gasteiger partial charge on any atom is -0.374 e. The summed E-state index contributed by atoms with van der Waals surface area (Å²) in [7, 11) is 1.96. The second-order valence-corrected chi connectivity index (χ2v) is 2.30. The van der Waals surface area contributed by atoms with Gasteiger partial charge in [0.1, 0.15) is 0 Å². The maximum atomic E-state index is 5.37. The smallest absolute Gasteiger partial charge is 0.0297 e. The molecule has 0 aliphatic carbocycles. The zero-order valence-electron chi connectivity index (χ0n) is 7.09. The fourth-order valence-corrected chi connectivity index (χ4v) is 0.644. The van der Waals surface area contributed by atoms with Crippen molar-refractivity contribution in [3.05, 3.63) is 37.1 Å². The van der Waals surface area contributed by atoms with Gasteiger partial charge in [-0.15, -0.1) is 0 Å². The van der Waals surface area contributed by atoms with Crippen molar-refractivity contribution in [2.24, 2.45) is 5.73 Å². The van der Waals surface area contributed by atoms with Gasteiger partial charge in [0.05, 0.1) is 0 Å². The Bertz CT molecular complexity index is 159. The highest BCUT2D eigenvalue weighted by molar-refractivity contribution is 5.16. The number of hydrogen-bond donors (Lipinski definition) is 1. The first-order valence-corrected chi connectivity index (χ1v) is 3.61. The Morgan fingerprint density at radius 1 is 1.64 bits per heavy atom. The summed E-state index contributed by atoms with van der Waals surface area (Å²) in [6.45, 7) is 8.90. The summed E-state index contributed by atoms with van der Waals surface area (Å²) in [6, 6.07) is 0. The standard InChI is InChI=1S/C9H16N2/c1-4-5-6-9(2)11(3)8-7-10/h4-6H,1-2,7-8,10H2,3H3/b6-5-. The maximum Gasteiger partial charge on any atom is 0.0297 e. The van der Waals surface area contributed by atoms with Gasteiger partial charge in [-0.3, -0.25) is 0 Å². The highest BCUT2D eigenvalue weighted by Crippen LogP contribution is 1.98. The lowest BCUT2D eigenvalue weighted by Crippen LogP contribution is -2.23. The summed E-state index contributed by atoms with van der Waals surface area (Å²) in [4.78, 5) is 2.00. The van der Waals surface area contributed by atoms with Gasteiger partial charge < -0.3 is 10.6 Å². The molecule has 2 N–H and O–H groups in total. The van der Waals surface area contributed by atoms with E-state index in [1.807, 2.05) is 24.1 Å². The second-order valence-electron chi connectivity index (χ2n) is 2.30. The molecular formula is C9H16N2. The largest absolute Gasteiger partial charge is 0.374 e. The first-order chi connectivity index (χ1) is 5.22. The van der Waals surface area contributed by atoms with Crippen LogP contribution < -0.4 is 5.73 Å². The first-order valence-electron chi connectivity index (χ1n) is 3.61. The molecule has 2 nitrogen and oxygen atoms in total. The van der Waals surface area contributed by atoms with Crippen molar-refractivity contribution in [1.29, 1.82) is 0 Å². The zero-order chi connectivity index (χ0) is 8.69. The average molecular weight is 152 g/mol. The minimum absolute atomic E-state index is 0.650. The molecule has 0 radical (unpaired) electrons. The number of allylic oxidation sites excluding steroid dienone is 3. The van der Waals surface area contributed by atoms with Gasteiger partial charge in [-0.05, 0) is 6.08 Å². The fourth-order valence-electron chi connectivity index (χ4n) is 0.644. The summed E-state index contributed by atoms with van der Waals surface area (Å²) in [6.07, 6.45) is 5.49. The van der Waals surface area contributed by atoms with E-state index < -0.39 is 0 Å². The van der Waals surface area contributed by atoms with Crippen LogP contribution in [0.2, 0.25) is 0 Å². The molecule has 0 aliphatic rings. The molecule has 0 aromatic rings. The molecule has 11 heavy (non-hydrogen) atoms. The van der Waals surface area contributed by atoms with Gasteiger partial charge in [-0.2, -0.15) is 0 Å². The molecule has 0 aromatic carbocycles. The molecule has 2 heteroatoms. The molecule has 0 saturated heterocycles. The van der Waals surface area contributed by atoms with E-state index in [4.69, 9.17) is 5.73 Å². The Morgan fingerprint density at radius 2 is 2.27 bits per heavy atom. The number of likely N-dealkylation sites (N-methyl/N-ethyl adjacent to an activating group) is 1. The Labute approximate surface area is 68.7 Å². The van der Waals surface area contributed by atoms with Crippen LogP contribution in [0.4, 0.5) is 0 Å². The second kappa shape index (κ2) is 5.74. The van der Waals surface area contributed by atoms with Crippen LogP contribution >= 0.6 is 0 Å². The summed E-state index contributed by atoms with van der Waals surface area (Å²) < 4.78 is 0. The zero-order valence-corrected chi connectivity index (χ0v) is 7.09. The molecule has 0 bridgehead atoms. The highest BCUT2D eigenvalue weighted by atomic mass is 15.1. The summed E-state index contributed by atoms with van der Waals surface area (Å²) >= 11 is 0. The van der Waals surface area contributed by atoms with E-state index in [-0.39, 0.29) is 0 Å². The van der Waals surface area contributed by atoms with E-state index in [2.05, 4.69) is 13.2 Å². The average Bonchev–Trinajstić information content (AvgIpc) is 2.00. The van der Waals surface area contributed by atoms with Gasteiger partial charge in [0.15, 0.2) is 0 Å². The molecule has 0 rings (SSSR count). The van der Waals surface area contributed by atoms with E-state index in [1.54, 1.807) is 6.08 Å². The summed E-state index contributed by atoms with van der Waals surface area (Å²) in [5, 5.41) is 0. The predicted octanol–water partition coefficient (Wildman–Crippen LogP) is 1.13. The quantitative estimate of drug-likeness (QED) is 0.598. The Kier molecular flexibility index (Phi) is 5.21. The van der Waals surface area contributed by atoms with Crippen molar-refractivity contribution < 1.29 is 0 Å². The van der Waals surface area contributed by atoms with Gasteiger partial charge in [0, 0.05) is 25.8 Å². The molecule has 62 valence electrons. The lowest BCUT2D eigenvalue weighted by Gasteiger charge is -2.17. The lowest BCUT2D eigenvalue weighted by atomic mass is 10.3. The number of rotatable bonds is 5. The molecule has 0 unspecified atom stereocenters. The van der Waals surface area contributed by atoms with Crippen LogP contribution in [-0.4, -0.2) is 25.0 Å². The maximum absolute atomic E-state index is 5.37. The van der Waals surface area contributed by atoms with Crippen LogP contribution in [0.25, 0.3) is 0 Å². The van der Waals surface area contributed by atoms with Crippen molar-refractivity contribution in [3.8, 4) is 0 Å². The van der Waals surface area contributed by atoms with E-state index in [1.165, 1.54) is 0 Å². The third-order valence-corrected chi connectivity index (χ3v) is 1.38. The number of hydrogen-bond acceptors (Lipinski definition) is 2. The Hall–Kier alpha value is -1.02. The fraction of sp³-hybridized carbons (Fsp3) is 0.333. The Balaban J connectivity index is 3.81. The molecular weight excluding hydrogens is 136 g/mol. The normalized spacial score (nSPS) is 10.0. The third kappa shape index (κ3) is 4.39. The van der Waals surface area contributed by atoms with Crippen molar-refractivity contribution in [2.75, 3.05) is 20.1 Å². The van der Waals surface area contributed by atoms with Gasteiger partial charge in [0.2, 0.25) is 0 Å². The van der Waals surface area contributed by atoms with Crippen LogP contribution in [0.15, 0.2) is 37.1 Å². The van der Waals surface area contributed by atoms with Crippen LogP contribution in [0.1, 0.15) is 0 Å². The van der Waals surface area contributed by atoms with Crippen LogP contribution in [0, 0.1) is 0 Å². The predicted molar refractivity (Wildman–Crippen MR) is 50.2 cm³/mol. The number of nitrogens with zero attached hydrogens (tertiary/aromatic N) is 1. The molecule has 0 aromatic heterocycles. The minimum atomic E-state index is 0.650. The Morgan fingerprint density at radius 3 is 2.73 bits per heavy atom. The lowest BCUT2D eigenvalue weighted by molar-refractivity contribution is 0.443. The molecule has 0 atom stereocenters. The van der Waals surface area contributed by atoms with Crippen LogP contribution in [0.3, 0.4) is 0 Å². The molecule has 0 fully saturated rings. The summed E-state index contributed by atoms with van der Waals surface area (Å²) in [5.41, 5.74) is 6.32. The van der Waals surface area contributed by atoms with Gasteiger partial charge in [-0.1, -0.05) is 25.3 Å². The van der Waals surface area contributed by atoms with E-state index in [0.29, 0.717) is 6.54 Å². The monoisotopic (exact) mass is 152 g/mol. The van der Waals surface area contributed by atoms with Crippen molar-refractivity contribution >= 4 is 0 Å². The van der Waals surface area contributed by atoms with Gasteiger partial charge >= 0.3 is 0 Å². The molecule has 0 spiro atoms.